The number of carbonyl (C=O) groups excluding carboxylic acids is 1. The molecule has 5 nitrogen and oxygen atoms in total. The van der Waals surface area contributed by atoms with E-state index < -0.39 is 6.61 Å². The summed E-state index contributed by atoms with van der Waals surface area (Å²) in [6.07, 6.45) is 0. The molecule has 0 spiro atoms. The van der Waals surface area contributed by atoms with Gasteiger partial charge in [0.15, 0.2) is 5.76 Å². The van der Waals surface area contributed by atoms with Crippen LogP contribution in [-0.4, -0.2) is 31.6 Å². The summed E-state index contributed by atoms with van der Waals surface area (Å²) in [5.41, 5.74) is 2.09. The Hall–Kier alpha value is -2.93. The molecule has 3 rings (SSSR count). The van der Waals surface area contributed by atoms with Gasteiger partial charge in [-0.3, -0.25) is 4.79 Å². The Labute approximate surface area is 155 Å². The first-order chi connectivity index (χ1) is 13.0. The Bertz CT molecular complexity index is 921. The zero-order valence-electron chi connectivity index (χ0n) is 14.9. The van der Waals surface area contributed by atoms with Crippen molar-refractivity contribution in [2.45, 2.75) is 19.8 Å². The number of rotatable bonds is 7. The van der Waals surface area contributed by atoms with E-state index in [1.54, 1.807) is 32.4 Å². The van der Waals surface area contributed by atoms with Gasteiger partial charge in [0.2, 0.25) is 0 Å². The minimum absolute atomic E-state index is 0.0717. The number of hydrogen-bond donors (Lipinski definition) is 0. The average Bonchev–Trinajstić information content (AvgIpc) is 3.01. The number of furan rings is 1. The summed E-state index contributed by atoms with van der Waals surface area (Å²) in [5, 5.41) is 0.838. The van der Waals surface area contributed by atoms with Crippen molar-refractivity contribution in [3.63, 3.8) is 0 Å². The van der Waals surface area contributed by atoms with Crippen LogP contribution in [-0.2, 0) is 17.9 Å². The van der Waals surface area contributed by atoms with E-state index in [0.29, 0.717) is 11.1 Å². The standard InChI is InChI=1S/C20H19F2NO4/c1-23(11-13-7-9-14(10-8-13)26-20(21)22)19(24)18-16(12-25-2)15-5-3-4-6-17(15)27-18/h3-10,20H,11-12H2,1-2H3. The number of halogens is 2. The van der Waals surface area contributed by atoms with Gasteiger partial charge < -0.3 is 18.8 Å². The number of benzene rings is 2. The second-order valence-corrected chi connectivity index (χ2v) is 6.02. The summed E-state index contributed by atoms with van der Waals surface area (Å²) >= 11 is 0. The van der Waals surface area contributed by atoms with Crippen LogP contribution in [0.25, 0.3) is 11.0 Å². The molecule has 3 aromatic rings. The zero-order chi connectivity index (χ0) is 19.4. The fourth-order valence-electron chi connectivity index (χ4n) is 2.85. The predicted molar refractivity (Wildman–Crippen MR) is 95.8 cm³/mol. The largest absolute Gasteiger partial charge is 0.451 e. The molecule has 0 N–H and O–H groups in total. The Morgan fingerprint density at radius 3 is 2.52 bits per heavy atom. The van der Waals surface area contributed by atoms with Gasteiger partial charge in [-0.1, -0.05) is 30.3 Å². The number of para-hydroxylation sites is 1. The molecule has 0 saturated heterocycles. The topological polar surface area (TPSA) is 51.9 Å². The van der Waals surface area contributed by atoms with Crippen molar-refractivity contribution in [1.82, 2.24) is 4.90 Å². The van der Waals surface area contributed by atoms with E-state index in [0.717, 1.165) is 10.9 Å². The van der Waals surface area contributed by atoms with Crippen molar-refractivity contribution in [2.24, 2.45) is 0 Å². The number of ether oxygens (including phenoxy) is 2. The van der Waals surface area contributed by atoms with Crippen LogP contribution in [0.1, 0.15) is 21.7 Å². The van der Waals surface area contributed by atoms with E-state index in [2.05, 4.69) is 4.74 Å². The first kappa shape index (κ1) is 18.8. The first-order valence-corrected chi connectivity index (χ1v) is 8.28. The van der Waals surface area contributed by atoms with E-state index in [-0.39, 0.29) is 30.6 Å². The van der Waals surface area contributed by atoms with Crippen LogP contribution in [0, 0.1) is 0 Å². The molecule has 1 heterocycles. The van der Waals surface area contributed by atoms with Gasteiger partial charge in [0.25, 0.3) is 5.91 Å². The maximum Gasteiger partial charge on any atom is 0.387 e. The van der Waals surface area contributed by atoms with Crippen molar-refractivity contribution in [1.29, 1.82) is 0 Å². The van der Waals surface area contributed by atoms with Crippen molar-refractivity contribution in [3.05, 3.63) is 65.4 Å². The normalized spacial score (nSPS) is 11.1. The molecular formula is C20H19F2NO4. The van der Waals surface area contributed by atoms with Crippen LogP contribution < -0.4 is 4.74 Å². The minimum atomic E-state index is -2.87. The second kappa shape index (κ2) is 8.18. The molecule has 0 aliphatic carbocycles. The summed E-state index contributed by atoms with van der Waals surface area (Å²) in [6.45, 7) is -2.32. The lowest BCUT2D eigenvalue weighted by molar-refractivity contribution is -0.0498. The van der Waals surface area contributed by atoms with Crippen molar-refractivity contribution >= 4 is 16.9 Å². The number of hydrogen-bond acceptors (Lipinski definition) is 4. The molecule has 0 aliphatic rings. The quantitative estimate of drug-likeness (QED) is 0.612. The molecule has 142 valence electrons. The van der Waals surface area contributed by atoms with Crippen molar-refractivity contribution in [2.75, 3.05) is 14.2 Å². The number of amides is 1. The number of alkyl halides is 2. The third-order valence-electron chi connectivity index (χ3n) is 4.10. The van der Waals surface area contributed by atoms with E-state index in [4.69, 9.17) is 9.15 Å². The fraction of sp³-hybridized carbons (Fsp3) is 0.250. The molecule has 1 aromatic heterocycles. The van der Waals surface area contributed by atoms with Crippen LogP contribution >= 0.6 is 0 Å². The van der Waals surface area contributed by atoms with Gasteiger partial charge in [0, 0.05) is 31.7 Å². The van der Waals surface area contributed by atoms with Crippen LogP contribution in [0.2, 0.25) is 0 Å². The molecule has 0 atom stereocenters. The van der Waals surface area contributed by atoms with Crippen LogP contribution in [0.3, 0.4) is 0 Å². The van der Waals surface area contributed by atoms with E-state index in [1.165, 1.54) is 17.0 Å². The van der Waals surface area contributed by atoms with Gasteiger partial charge >= 0.3 is 6.61 Å². The zero-order valence-corrected chi connectivity index (χ0v) is 14.9. The number of carbonyl (C=O) groups is 1. The molecule has 7 heteroatoms. The van der Waals surface area contributed by atoms with E-state index in [9.17, 15) is 13.6 Å². The van der Waals surface area contributed by atoms with Crippen LogP contribution in [0.4, 0.5) is 8.78 Å². The van der Waals surface area contributed by atoms with Gasteiger partial charge in [-0.2, -0.15) is 8.78 Å². The highest BCUT2D eigenvalue weighted by Crippen LogP contribution is 2.28. The number of nitrogens with zero attached hydrogens (tertiary/aromatic N) is 1. The molecule has 0 unspecified atom stereocenters. The fourth-order valence-corrected chi connectivity index (χ4v) is 2.85. The number of methoxy groups -OCH3 is 1. The first-order valence-electron chi connectivity index (χ1n) is 8.28. The highest BCUT2D eigenvalue weighted by Gasteiger charge is 2.23. The molecule has 2 aromatic carbocycles. The van der Waals surface area contributed by atoms with Gasteiger partial charge in [0.1, 0.15) is 11.3 Å². The smallest absolute Gasteiger partial charge is 0.387 e. The highest BCUT2D eigenvalue weighted by molar-refractivity contribution is 5.98. The maximum absolute atomic E-state index is 12.9. The molecule has 27 heavy (non-hydrogen) atoms. The van der Waals surface area contributed by atoms with Gasteiger partial charge in [-0.05, 0) is 23.8 Å². The highest BCUT2D eigenvalue weighted by atomic mass is 19.3. The summed E-state index contributed by atoms with van der Waals surface area (Å²) in [7, 11) is 3.21. The van der Waals surface area contributed by atoms with Gasteiger partial charge in [-0.15, -0.1) is 0 Å². The summed E-state index contributed by atoms with van der Waals surface area (Å²) in [5.74, 6) is 0.0201. The average molecular weight is 375 g/mol. The Morgan fingerprint density at radius 1 is 1.15 bits per heavy atom. The predicted octanol–water partition coefficient (Wildman–Crippen LogP) is 4.45. The van der Waals surface area contributed by atoms with Gasteiger partial charge in [0.05, 0.1) is 6.61 Å². The number of fused-ring (bicyclic) bond motifs is 1. The van der Waals surface area contributed by atoms with E-state index in [1.807, 2.05) is 18.2 Å². The maximum atomic E-state index is 12.9. The molecule has 0 saturated carbocycles. The lowest BCUT2D eigenvalue weighted by Crippen LogP contribution is -2.26. The van der Waals surface area contributed by atoms with Crippen LogP contribution in [0.5, 0.6) is 5.75 Å². The minimum Gasteiger partial charge on any atom is -0.451 e. The summed E-state index contributed by atoms with van der Waals surface area (Å²) in [6, 6.07) is 13.5. The SMILES string of the molecule is COCc1c(C(=O)N(C)Cc2ccc(OC(F)F)cc2)oc2ccccc12. The summed E-state index contributed by atoms with van der Waals surface area (Å²) < 4.78 is 39.7. The third kappa shape index (κ3) is 4.25. The molecule has 0 bridgehead atoms. The third-order valence-corrected chi connectivity index (χ3v) is 4.10. The Kier molecular flexibility index (Phi) is 5.71. The monoisotopic (exact) mass is 375 g/mol. The lowest BCUT2D eigenvalue weighted by Gasteiger charge is -2.17. The summed E-state index contributed by atoms with van der Waals surface area (Å²) in [4.78, 5) is 14.4. The lowest BCUT2D eigenvalue weighted by atomic mass is 10.1. The Morgan fingerprint density at radius 2 is 1.85 bits per heavy atom. The Balaban J connectivity index is 1.79. The van der Waals surface area contributed by atoms with E-state index >= 15 is 0 Å². The van der Waals surface area contributed by atoms with Crippen molar-refractivity contribution in [3.8, 4) is 5.75 Å². The second-order valence-electron chi connectivity index (χ2n) is 6.02. The molecule has 1 amide bonds. The van der Waals surface area contributed by atoms with Crippen molar-refractivity contribution < 1.29 is 27.5 Å². The molecule has 0 aliphatic heterocycles. The molecule has 0 radical (unpaired) electrons. The molecule has 0 fully saturated rings. The van der Waals surface area contributed by atoms with Crippen LogP contribution in [0.15, 0.2) is 52.9 Å². The van der Waals surface area contributed by atoms with Gasteiger partial charge in [-0.25, -0.2) is 0 Å². The molecular weight excluding hydrogens is 356 g/mol.